The number of fused-ring (bicyclic) bond motifs is 1. The molecule has 0 unspecified atom stereocenters. The fourth-order valence-corrected chi connectivity index (χ4v) is 3.11. The Bertz CT molecular complexity index is 1040. The van der Waals surface area contributed by atoms with Crippen molar-refractivity contribution in [1.29, 1.82) is 0 Å². The third-order valence-corrected chi connectivity index (χ3v) is 4.53. The average molecular weight is 381 g/mol. The van der Waals surface area contributed by atoms with E-state index in [-0.39, 0.29) is 12.4 Å². The summed E-state index contributed by atoms with van der Waals surface area (Å²) in [5.74, 6) is 0. The van der Waals surface area contributed by atoms with E-state index in [0.717, 1.165) is 33.5 Å². The summed E-state index contributed by atoms with van der Waals surface area (Å²) in [7, 11) is 0. The monoisotopic (exact) mass is 380 g/mol. The molecule has 0 atom stereocenters. The predicted molar refractivity (Wildman–Crippen MR) is 114 cm³/mol. The summed E-state index contributed by atoms with van der Waals surface area (Å²) >= 11 is 6.38. The number of anilines is 2. The van der Waals surface area contributed by atoms with E-state index in [2.05, 4.69) is 48.6 Å². The minimum Gasteiger partial charge on any atom is -0.355 e. The smallest absolute Gasteiger partial charge is 0.0745 e. The molecule has 0 fully saturated rings. The Hall–Kier alpha value is -2.55. The molecule has 1 heterocycles. The van der Waals surface area contributed by atoms with Gasteiger partial charge < -0.3 is 5.32 Å². The molecule has 0 radical (unpaired) electrons. The lowest BCUT2D eigenvalue weighted by atomic mass is 10.1. The third-order valence-electron chi connectivity index (χ3n) is 4.20. The van der Waals surface area contributed by atoms with Crippen LogP contribution in [0.15, 0.2) is 78.9 Å². The number of nitrogens with zero attached hydrogens (tertiary/aromatic N) is 1. The average Bonchev–Trinajstić information content (AvgIpc) is 2.64. The standard InChI is InChI=1S/C22H17ClN2.ClH/c1-15-10-12-16(13-11-15)24-22-14-21(17-6-2-4-8-19(17)23)25-20-9-5-3-7-18(20)22;/h2-14H,1H3,(H,24,25);1H. The van der Waals surface area contributed by atoms with Gasteiger partial charge in [0.2, 0.25) is 0 Å². The minimum absolute atomic E-state index is 0. The van der Waals surface area contributed by atoms with Crippen molar-refractivity contribution in [2.75, 3.05) is 5.32 Å². The number of nitrogens with one attached hydrogen (secondary N) is 1. The van der Waals surface area contributed by atoms with Crippen LogP contribution in [0.2, 0.25) is 5.02 Å². The fraction of sp³-hybridized carbons (Fsp3) is 0.0455. The summed E-state index contributed by atoms with van der Waals surface area (Å²) in [6, 6.07) is 26.3. The number of hydrogen-bond donors (Lipinski definition) is 1. The molecule has 1 N–H and O–H groups in total. The highest BCUT2D eigenvalue weighted by Gasteiger charge is 2.10. The van der Waals surface area contributed by atoms with Gasteiger partial charge in [0.25, 0.3) is 0 Å². The molecular weight excluding hydrogens is 363 g/mol. The number of hydrogen-bond acceptors (Lipinski definition) is 2. The molecule has 0 spiro atoms. The molecule has 2 nitrogen and oxygen atoms in total. The number of aryl methyl sites for hydroxylation is 1. The van der Waals surface area contributed by atoms with E-state index in [4.69, 9.17) is 16.6 Å². The van der Waals surface area contributed by atoms with E-state index in [1.165, 1.54) is 5.56 Å². The number of benzene rings is 3. The zero-order chi connectivity index (χ0) is 17.2. The summed E-state index contributed by atoms with van der Waals surface area (Å²) in [5, 5.41) is 5.30. The molecule has 3 aromatic carbocycles. The Morgan fingerprint density at radius 1 is 0.846 bits per heavy atom. The van der Waals surface area contributed by atoms with Crippen LogP contribution in [0, 0.1) is 6.92 Å². The van der Waals surface area contributed by atoms with Crippen LogP contribution < -0.4 is 5.32 Å². The Kier molecular flexibility index (Phi) is 5.46. The molecule has 0 amide bonds. The molecule has 0 aliphatic rings. The first-order valence-electron chi connectivity index (χ1n) is 8.19. The highest BCUT2D eigenvalue weighted by atomic mass is 35.5. The maximum Gasteiger partial charge on any atom is 0.0745 e. The van der Waals surface area contributed by atoms with Crippen molar-refractivity contribution in [2.45, 2.75) is 6.92 Å². The Labute approximate surface area is 164 Å². The van der Waals surface area contributed by atoms with E-state index >= 15 is 0 Å². The van der Waals surface area contributed by atoms with Crippen molar-refractivity contribution in [3.63, 3.8) is 0 Å². The fourth-order valence-electron chi connectivity index (χ4n) is 2.88. The largest absolute Gasteiger partial charge is 0.355 e. The lowest BCUT2D eigenvalue weighted by Crippen LogP contribution is -1.95. The minimum atomic E-state index is 0. The molecule has 4 aromatic rings. The maximum absolute atomic E-state index is 6.38. The van der Waals surface area contributed by atoms with Gasteiger partial charge in [0.1, 0.15) is 0 Å². The van der Waals surface area contributed by atoms with Crippen LogP contribution in [-0.2, 0) is 0 Å². The third kappa shape index (κ3) is 3.67. The number of rotatable bonds is 3. The van der Waals surface area contributed by atoms with Gasteiger partial charge >= 0.3 is 0 Å². The highest BCUT2D eigenvalue weighted by Crippen LogP contribution is 2.33. The van der Waals surface area contributed by atoms with Gasteiger partial charge in [-0.15, -0.1) is 12.4 Å². The summed E-state index contributed by atoms with van der Waals surface area (Å²) < 4.78 is 0. The summed E-state index contributed by atoms with van der Waals surface area (Å²) in [4.78, 5) is 4.80. The highest BCUT2D eigenvalue weighted by molar-refractivity contribution is 6.33. The first kappa shape index (κ1) is 18.2. The van der Waals surface area contributed by atoms with Crippen molar-refractivity contribution in [2.24, 2.45) is 0 Å². The van der Waals surface area contributed by atoms with Crippen molar-refractivity contribution in [1.82, 2.24) is 4.98 Å². The lowest BCUT2D eigenvalue weighted by Gasteiger charge is -2.13. The Balaban J connectivity index is 0.00000196. The Morgan fingerprint density at radius 3 is 2.31 bits per heavy atom. The maximum atomic E-state index is 6.38. The molecule has 4 rings (SSSR count). The molecule has 0 saturated heterocycles. The first-order chi connectivity index (χ1) is 12.2. The van der Waals surface area contributed by atoms with Crippen molar-refractivity contribution < 1.29 is 0 Å². The summed E-state index contributed by atoms with van der Waals surface area (Å²) in [5.41, 5.74) is 6.04. The van der Waals surface area contributed by atoms with Crippen LogP contribution in [0.25, 0.3) is 22.2 Å². The number of aromatic nitrogens is 1. The van der Waals surface area contributed by atoms with E-state index in [1.807, 2.05) is 42.5 Å². The summed E-state index contributed by atoms with van der Waals surface area (Å²) in [6.45, 7) is 2.08. The first-order valence-corrected chi connectivity index (χ1v) is 8.57. The molecule has 1 aromatic heterocycles. The SMILES string of the molecule is Cc1ccc(Nc2cc(-c3ccccc3Cl)nc3ccccc23)cc1.Cl. The Morgan fingerprint density at radius 2 is 1.54 bits per heavy atom. The predicted octanol–water partition coefficient (Wildman–Crippen LogP) is 7.03. The quantitative estimate of drug-likeness (QED) is 0.412. The topological polar surface area (TPSA) is 24.9 Å². The molecule has 0 bridgehead atoms. The van der Waals surface area contributed by atoms with Crippen LogP contribution >= 0.6 is 24.0 Å². The van der Waals surface area contributed by atoms with Crippen molar-refractivity contribution in [3.05, 3.63) is 89.4 Å². The van der Waals surface area contributed by atoms with E-state index in [9.17, 15) is 0 Å². The van der Waals surface area contributed by atoms with E-state index in [0.29, 0.717) is 5.02 Å². The van der Waals surface area contributed by atoms with Crippen LogP contribution in [0.1, 0.15) is 5.56 Å². The molecular formula is C22H18Cl2N2. The number of pyridine rings is 1. The van der Waals surface area contributed by atoms with Crippen LogP contribution in [-0.4, -0.2) is 4.98 Å². The summed E-state index contributed by atoms with van der Waals surface area (Å²) in [6.07, 6.45) is 0. The van der Waals surface area contributed by atoms with Crippen LogP contribution in [0.4, 0.5) is 11.4 Å². The van der Waals surface area contributed by atoms with Gasteiger partial charge in [-0.25, -0.2) is 4.98 Å². The van der Waals surface area contributed by atoms with Gasteiger partial charge in [-0.05, 0) is 37.3 Å². The van der Waals surface area contributed by atoms with E-state index in [1.54, 1.807) is 0 Å². The number of halogens is 2. The van der Waals surface area contributed by atoms with Crippen LogP contribution in [0.3, 0.4) is 0 Å². The second-order valence-corrected chi connectivity index (χ2v) is 6.45. The zero-order valence-corrected chi connectivity index (χ0v) is 15.8. The van der Waals surface area contributed by atoms with Gasteiger partial charge in [0.15, 0.2) is 0 Å². The molecule has 0 aliphatic heterocycles. The van der Waals surface area contributed by atoms with Gasteiger partial charge in [0.05, 0.1) is 16.9 Å². The van der Waals surface area contributed by atoms with Gasteiger partial charge in [-0.1, -0.05) is 65.7 Å². The normalized spacial score (nSPS) is 10.4. The zero-order valence-electron chi connectivity index (χ0n) is 14.2. The van der Waals surface area contributed by atoms with Crippen LogP contribution in [0.5, 0.6) is 0 Å². The second kappa shape index (κ2) is 7.77. The van der Waals surface area contributed by atoms with Gasteiger partial charge in [0, 0.05) is 21.7 Å². The lowest BCUT2D eigenvalue weighted by molar-refractivity contribution is 1.39. The van der Waals surface area contributed by atoms with Crippen molar-refractivity contribution >= 4 is 46.3 Å². The van der Waals surface area contributed by atoms with Crippen molar-refractivity contribution in [3.8, 4) is 11.3 Å². The van der Waals surface area contributed by atoms with Gasteiger partial charge in [-0.3, -0.25) is 0 Å². The molecule has 4 heteroatoms. The number of para-hydroxylation sites is 1. The molecule has 0 saturated carbocycles. The molecule has 0 aliphatic carbocycles. The van der Waals surface area contributed by atoms with E-state index < -0.39 is 0 Å². The molecule has 26 heavy (non-hydrogen) atoms. The van der Waals surface area contributed by atoms with Gasteiger partial charge in [-0.2, -0.15) is 0 Å². The second-order valence-electron chi connectivity index (χ2n) is 6.04. The molecule has 130 valence electrons.